The van der Waals surface area contributed by atoms with Crippen LogP contribution in [-0.4, -0.2) is 83.1 Å². The van der Waals surface area contributed by atoms with Crippen LogP contribution in [0.1, 0.15) is 51.3 Å². The lowest BCUT2D eigenvalue weighted by atomic mass is 9.91. The van der Waals surface area contributed by atoms with Crippen molar-refractivity contribution in [3.63, 3.8) is 0 Å². The summed E-state index contributed by atoms with van der Waals surface area (Å²) in [5.74, 6) is 0.113. The van der Waals surface area contributed by atoms with E-state index in [0.29, 0.717) is 19.5 Å². The third-order valence-electron chi connectivity index (χ3n) is 6.91. The highest BCUT2D eigenvalue weighted by molar-refractivity contribution is 5.85. The molecule has 2 fully saturated rings. The molecule has 1 aliphatic carbocycles. The van der Waals surface area contributed by atoms with Crippen LogP contribution in [0.3, 0.4) is 0 Å². The number of rotatable bonds is 11. The van der Waals surface area contributed by atoms with Crippen LogP contribution in [0.4, 0.5) is 0 Å². The molecular weight excluding hydrogens is 452 g/mol. The summed E-state index contributed by atoms with van der Waals surface area (Å²) in [5, 5.41) is 0. The Morgan fingerprint density at radius 2 is 1.72 bits per heavy atom. The molecule has 1 aliphatic heterocycles. The van der Waals surface area contributed by atoms with Gasteiger partial charge in [0.1, 0.15) is 0 Å². The number of hydrogen-bond donors (Lipinski definition) is 0. The highest BCUT2D eigenvalue weighted by Gasteiger charge is 2.34. The Hall–Kier alpha value is -2.64. The SMILES string of the molecule is CC(C)(C)CC(=O)N(CCN1CCOCC1)CC(=O)N(Cc1cccn1Cc1ccccc1)C1CC1. The molecule has 0 unspecified atom stereocenters. The standard InChI is InChI=1S/C29H42N4O3/c1-29(2,3)20-27(34)32(15-14-30-16-18-36-19-17-30)23-28(35)33(25-11-12-25)22-26-10-7-13-31(26)21-24-8-5-4-6-9-24/h4-10,13,25H,11-12,14-23H2,1-3H3. The van der Waals surface area contributed by atoms with E-state index in [4.69, 9.17) is 4.74 Å². The van der Waals surface area contributed by atoms with Crippen molar-refractivity contribution < 1.29 is 14.3 Å². The zero-order chi connectivity index (χ0) is 25.5. The van der Waals surface area contributed by atoms with Gasteiger partial charge in [-0.1, -0.05) is 51.1 Å². The van der Waals surface area contributed by atoms with Crippen LogP contribution in [0.15, 0.2) is 48.7 Å². The quantitative estimate of drug-likeness (QED) is 0.479. The molecular formula is C29H42N4O3. The van der Waals surface area contributed by atoms with Crippen molar-refractivity contribution in [1.82, 2.24) is 19.3 Å². The first kappa shape index (κ1) is 26.4. The average molecular weight is 495 g/mol. The van der Waals surface area contributed by atoms with Crippen LogP contribution in [0.2, 0.25) is 0 Å². The summed E-state index contributed by atoms with van der Waals surface area (Å²) in [6.07, 6.45) is 4.59. The van der Waals surface area contributed by atoms with Gasteiger partial charge in [-0.3, -0.25) is 14.5 Å². The number of morpholine rings is 1. The normalized spacial score (nSPS) is 16.6. The highest BCUT2D eigenvalue weighted by Crippen LogP contribution is 2.29. The zero-order valence-electron chi connectivity index (χ0n) is 22.2. The molecule has 1 saturated carbocycles. The fraction of sp³-hybridized carbons (Fsp3) is 0.586. The van der Waals surface area contributed by atoms with Gasteiger partial charge in [-0.15, -0.1) is 0 Å². The van der Waals surface area contributed by atoms with Crippen molar-refractivity contribution in [1.29, 1.82) is 0 Å². The van der Waals surface area contributed by atoms with Crippen molar-refractivity contribution in [3.8, 4) is 0 Å². The van der Waals surface area contributed by atoms with Gasteiger partial charge in [-0.2, -0.15) is 0 Å². The minimum atomic E-state index is -0.119. The van der Waals surface area contributed by atoms with Crippen LogP contribution >= 0.6 is 0 Å². The second-order valence-corrected chi connectivity index (χ2v) is 11.4. The van der Waals surface area contributed by atoms with Crippen LogP contribution in [-0.2, 0) is 27.4 Å². The summed E-state index contributed by atoms with van der Waals surface area (Å²) in [7, 11) is 0. The maximum Gasteiger partial charge on any atom is 0.242 e. The molecule has 0 bridgehead atoms. The lowest BCUT2D eigenvalue weighted by molar-refractivity contribution is -0.142. The van der Waals surface area contributed by atoms with Gasteiger partial charge in [-0.05, 0) is 36.0 Å². The Labute approximate surface area is 216 Å². The number of benzene rings is 1. The number of carbonyl (C=O) groups excluding carboxylic acids is 2. The van der Waals surface area contributed by atoms with Crippen LogP contribution in [0.5, 0.6) is 0 Å². The van der Waals surface area contributed by atoms with E-state index in [1.807, 2.05) is 11.0 Å². The fourth-order valence-electron chi connectivity index (χ4n) is 4.71. The predicted molar refractivity (Wildman–Crippen MR) is 141 cm³/mol. The van der Waals surface area contributed by atoms with Gasteiger partial charge in [0.15, 0.2) is 0 Å². The number of amides is 2. The van der Waals surface area contributed by atoms with Gasteiger partial charge in [-0.25, -0.2) is 0 Å². The van der Waals surface area contributed by atoms with E-state index in [2.05, 4.69) is 72.8 Å². The number of carbonyl (C=O) groups is 2. The number of aromatic nitrogens is 1. The molecule has 2 heterocycles. The molecule has 7 nitrogen and oxygen atoms in total. The maximum absolute atomic E-state index is 13.6. The fourth-order valence-corrected chi connectivity index (χ4v) is 4.71. The summed E-state index contributed by atoms with van der Waals surface area (Å²) in [6.45, 7) is 12.3. The molecule has 1 aromatic heterocycles. The molecule has 36 heavy (non-hydrogen) atoms. The molecule has 0 radical (unpaired) electrons. The minimum absolute atomic E-state index is 0.0502. The molecule has 2 aromatic rings. The zero-order valence-corrected chi connectivity index (χ0v) is 22.2. The van der Waals surface area contributed by atoms with Crippen molar-refractivity contribution in [3.05, 3.63) is 59.9 Å². The predicted octanol–water partition coefficient (Wildman–Crippen LogP) is 3.62. The molecule has 0 N–H and O–H groups in total. The first-order chi connectivity index (χ1) is 17.3. The van der Waals surface area contributed by atoms with E-state index in [-0.39, 0.29) is 29.8 Å². The highest BCUT2D eigenvalue weighted by atomic mass is 16.5. The number of hydrogen-bond acceptors (Lipinski definition) is 4. The first-order valence-electron chi connectivity index (χ1n) is 13.3. The maximum atomic E-state index is 13.6. The molecule has 2 aliphatic rings. The third kappa shape index (κ3) is 7.93. The average Bonchev–Trinajstić information content (AvgIpc) is 3.60. The van der Waals surface area contributed by atoms with Gasteiger partial charge in [0, 0.05) is 57.1 Å². The Balaban J connectivity index is 1.43. The second kappa shape index (κ2) is 12.1. The number of ether oxygens (including phenoxy) is 1. The largest absolute Gasteiger partial charge is 0.379 e. The summed E-state index contributed by atoms with van der Waals surface area (Å²) in [4.78, 5) is 33.0. The summed E-state index contributed by atoms with van der Waals surface area (Å²) >= 11 is 0. The van der Waals surface area contributed by atoms with E-state index in [1.54, 1.807) is 4.90 Å². The van der Waals surface area contributed by atoms with Gasteiger partial charge in [0.05, 0.1) is 26.3 Å². The van der Waals surface area contributed by atoms with Gasteiger partial charge < -0.3 is 19.1 Å². The van der Waals surface area contributed by atoms with Gasteiger partial charge in [0.25, 0.3) is 0 Å². The van der Waals surface area contributed by atoms with E-state index < -0.39 is 0 Å². The molecule has 196 valence electrons. The topological polar surface area (TPSA) is 58.0 Å². The van der Waals surface area contributed by atoms with Crippen molar-refractivity contribution >= 4 is 11.8 Å². The Bertz CT molecular complexity index is 987. The molecule has 7 heteroatoms. The molecule has 2 amide bonds. The van der Waals surface area contributed by atoms with Crippen molar-refractivity contribution in [2.45, 2.75) is 59.2 Å². The van der Waals surface area contributed by atoms with Crippen molar-refractivity contribution in [2.75, 3.05) is 45.9 Å². The van der Waals surface area contributed by atoms with Gasteiger partial charge >= 0.3 is 0 Å². The summed E-state index contributed by atoms with van der Waals surface area (Å²) in [6, 6.07) is 14.8. The Morgan fingerprint density at radius 1 is 1.00 bits per heavy atom. The number of nitrogens with zero attached hydrogens (tertiary/aromatic N) is 4. The Kier molecular flexibility index (Phi) is 8.86. The minimum Gasteiger partial charge on any atom is -0.379 e. The monoisotopic (exact) mass is 494 g/mol. The lowest BCUT2D eigenvalue weighted by Gasteiger charge is -2.32. The molecule has 0 spiro atoms. The molecule has 4 rings (SSSR count). The van der Waals surface area contributed by atoms with Crippen LogP contribution < -0.4 is 0 Å². The smallest absolute Gasteiger partial charge is 0.242 e. The van der Waals surface area contributed by atoms with E-state index in [1.165, 1.54) is 5.56 Å². The first-order valence-corrected chi connectivity index (χ1v) is 13.3. The molecule has 1 saturated heterocycles. The molecule has 1 aromatic carbocycles. The van der Waals surface area contributed by atoms with Crippen LogP contribution in [0.25, 0.3) is 0 Å². The van der Waals surface area contributed by atoms with Gasteiger partial charge in [0.2, 0.25) is 11.8 Å². The summed E-state index contributed by atoms with van der Waals surface area (Å²) in [5.41, 5.74) is 2.24. The van der Waals surface area contributed by atoms with Crippen molar-refractivity contribution in [2.24, 2.45) is 5.41 Å². The molecule has 0 atom stereocenters. The third-order valence-corrected chi connectivity index (χ3v) is 6.91. The second-order valence-electron chi connectivity index (χ2n) is 11.4. The lowest BCUT2D eigenvalue weighted by Crippen LogP contribution is -2.48. The van der Waals surface area contributed by atoms with E-state index in [9.17, 15) is 9.59 Å². The Morgan fingerprint density at radius 3 is 2.39 bits per heavy atom. The van der Waals surface area contributed by atoms with E-state index in [0.717, 1.165) is 57.9 Å². The van der Waals surface area contributed by atoms with E-state index >= 15 is 0 Å². The summed E-state index contributed by atoms with van der Waals surface area (Å²) < 4.78 is 7.68. The van der Waals surface area contributed by atoms with Crippen LogP contribution in [0, 0.1) is 5.41 Å².